The van der Waals surface area contributed by atoms with Gasteiger partial charge in [-0.3, -0.25) is 10.1 Å². The van der Waals surface area contributed by atoms with E-state index in [0.717, 1.165) is 5.01 Å². The highest BCUT2D eigenvalue weighted by Gasteiger charge is 2.23. The number of aryl methyl sites for hydroxylation is 1. The van der Waals surface area contributed by atoms with Crippen LogP contribution in [-0.2, 0) is 10.0 Å². The van der Waals surface area contributed by atoms with Gasteiger partial charge in [0.15, 0.2) is 0 Å². The van der Waals surface area contributed by atoms with E-state index < -0.39 is 15.9 Å². The van der Waals surface area contributed by atoms with Gasteiger partial charge in [0.2, 0.25) is 10.0 Å². The van der Waals surface area contributed by atoms with Crippen LogP contribution in [-0.4, -0.2) is 46.9 Å². The summed E-state index contributed by atoms with van der Waals surface area (Å²) in [5.74, 6) is -0.288. The van der Waals surface area contributed by atoms with E-state index in [2.05, 4.69) is 20.5 Å². The van der Waals surface area contributed by atoms with Gasteiger partial charge >= 0.3 is 6.01 Å². The number of hydrogen-bond donors (Lipinski definition) is 1. The maximum absolute atomic E-state index is 12.5. The number of anilines is 1. The SMILES string of the molecule is Cc1nc(-c2nnc(NC(=O)c3ccc(S(=O)(=O)N(C)C(C)C)cc3)o2)cs1. The Hall–Kier alpha value is -2.63. The van der Waals surface area contributed by atoms with Crippen molar-refractivity contribution in [3.05, 3.63) is 40.2 Å². The molecule has 0 spiro atoms. The molecule has 0 aliphatic rings. The van der Waals surface area contributed by atoms with E-state index in [1.54, 1.807) is 19.2 Å². The fourth-order valence-electron chi connectivity index (χ4n) is 2.23. The largest absolute Gasteiger partial charge is 0.401 e. The normalized spacial score (nSPS) is 11.9. The highest BCUT2D eigenvalue weighted by atomic mass is 32.2. The number of nitrogens with zero attached hydrogens (tertiary/aromatic N) is 4. The van der Waals surface area contributed by atoms with Crippen LogP contribution in [0.1, 0.15) is 29.2 Å². The number of nitrogens with one attached hydrogen (secondary N) is 1. The van der Waals surface area contributed by atoms with Crippen molar-refractivity contribution in [3.8, 4) is 11.6 Å². The number of carbonyl (C=O) groups is 1. The molecular weight excluding hydrogens is 402 g/mol. The van der Waals surface area contributed by atoms with Crippen molar-refractivity contribution >= 4 is 33.3 Å². The van der Waals surface area contributed by atoms with Crippen molar-refractivity contribution < 1.29 is 17.6 Å². The Bertz CT molecular complexity index is 1090. The molecule has 0 aliphatic heterocycles. The van der Waals surface area contributed by atoms with E-state index in [1.807, 2.05) is 6.92 Å². The van der Waals surface area contributed by atoms with Crippen LogP contribution >= 0.6 is 11.3 Å². The summed E-state index contributed by atoms with van der Waals surface area (Å²) in [6.45, 7) is 5.42. The smallest absolute Gasteiger partial charge is 0.322 e. The van der Waals surface area contributed by atoms with Crippen LogP contribution in [0, 0.1) is 6.92 Å². The first kappa shape index (κ1) is 20.1. The van der Waals surface area contributed by atoms with Gasteiger partial charge in [-0.1, -0.05) is 5.10 Å². The molecule has 1 amide bonds. The van der Waals surface area contributed by atoms with Gasteiger partial charge in [-0.15, -0.1) is 16.4 Å². The second-order valence-electron chi connectivity index (χ2n) is 6.26. The Balaban J connectivity index is 1.73. The van der Waals surface area contributed by atoms with Gasteiger partial charge in [-0.2, -0.15) is 4.31 Å². The summed E-state index contributed by atoms with van der Waals surface area (Å²) in [6, 6.07) is 5.39. The predicted molar refractivity (Wildman–Crippen MR) is 105 cm³/mol. The number of aromatic nitrogens is 3. The van der Waals surface area contributed by atoms with E-state index in [9.17, 15) is 13.2 Å². The summed E-state index contributed by atoms with van der Waals surface area (Å²) in [7, 11) is -2.10. The molecule has 0 fully saturated rings. The van der Waals surface area contributed by atoms with Crippen LogP contribution in [0.4, 0.5) is 6.01 Å². The molecule has 0 atom stereocenters. The lowest BCUT2D eigenvalue weighted by atomic mass is 10.2. The Morgan fingerprint density at radius 2 is 1.89 bits per heavy atom. The lowest BCUT2D eigenvalue weighted by Crippen LogP contribution is -2.33. The molecule has 148 valence electrons. The zero-order chi connectivity index (χ0) is 20.5. The topological polar surface area (TPSA) is 118 Å². The number of thiazole rings is 1. The molecule has 0 saturated carbocycles. The van der Waals surface area contributed by atoms with Crippen molar-refractivity contribution in [2.45, 2.75) is 31.7 Å². The highest BCUT2D eigenvalue weighted by molar-refractivity contribution is 7.89. The van der Waals surface area contributed by atoms with Crippen LogP contribution in [0.5, 0.6) is 0 Å². The standard InChI is InChI=1S/C17H19N5O4S2/c1-10(2)22(4)28(24,25)13-7-5-12(6-8-13)15(23)19-17-21-20-16(26-17)14-9-27-11(3)18-14/h5-10H,1-4H3,(H,19,21,23). The molecule has 0 aliphatic carbocycles. The quantitative estimate of drug-likeness (QED) is 0.650. The minimum Gasteiger partial charge on any atom is -0.401 e. The summed E-state index contributed by atoms with van der Waals surface area (Å²) in [6.07, 6.45) is 0. The maximum atomic E-state index is 12.5. The number of rotatable bonds is 6. The van der Waals surface area contributed by atoms with E-state index in [4.69, 9.17) is 4.42 Å². The molecule has 2 heterocycles. The van der Waals surface area contributed by atoms with Gasteiger partial charge in [-0.05, 0) is 45.0 Å². The van der Waals surface area contributed by atoms with Gasteiger partial charge < -0.3 is 4.42 Å². The number of carbonyl (C=O) groups excluding carboxylic acids is 1. The van der Waals surface area contributed by atoms with E-state index >= 15 is 0 Å². The Labute approximate surface area is 166 Å². The van der Waals surface area contributed by atoms with Crippen molar-refractivity contribution in [2.24, 2.45) is 0 Å². The van der Waals surface area contributed by atoms with Gasteiger partial charge in [0.05, 0.1) is 9.90 Å². The number of hydrogen-bond acceptors (Lipinski definition) is 8. The predicted octanol–water partition coefficient (Wildman–Crippen LogP) is 2.78. The van der Waals surface area contributed by atoms with E-state index in [-0.39, 0.29) is 28.4 Å². The van der Waals surface area contributed by atoms with Crippen molar-refractivity contribution in [1.82, 2.24) is 19.5 Å². The van der Waals surface area contributed by atoms with Gasteiger partial charge in [-0.25, -0.2) is 13.4 Å². The summed E-state index contributed by atoms with van der Waals surface area (Å²) in [5, 5.41) is 12.8. The molecule has 3 rings (SSSR count). The molecule has 0 radical (unpaired) electrons. The van der Waals surface area contributed by atoms with Crippen LogP contribution < -0.4 is 5.32 Å². The number of amides is 1. The second kappa shape index (κ2) is 7.78. The first-order valence-electron chi connectivity index (χ1n) is 8.34. The zero-order valence-corrected chi connectivity index (χ0v) is 17.3. The second-order valence-corrected chi connectivity index (χ2v) is 9.32. The minimum absolute atomic E-state index is 0.0677. The Morgan fingerprint density at radius 1 is 1.21 bits per heavy atom. The van der Waals surface area contributed by atoms with Gasteiger partial charge in [0.1, 0.15) is 5.69 Å². The monoisotopic (exact) mass is 421 g/mol. The van der Waals surface area contributed by atoms with Crippen LogP contribution in [0.3, 0.4) is 0 Å². The molecule has 3 aromatic rings. The zero-order valence-electron chi connectivity index (χ0n) is 15.7. The number of benzene rings is 1. The molecule has 1 aromatic carbocycles. The fourth-order valence-corrected chi connectivity index (χ4v) is 4.18. The third kappa shape index (κ3) is 4.11. The average molecular weight is 422 g/mol. The first-order chi connectivity index (χ1) is 13.2. The molecule has 1 N–H and O–H groups in total. The minimum atomic E-state index is -3.61. The molecule has 2 aromatic heterocycles. The third-order valence-corrected chi connectivity index (χ3v) is 6.83. The first-order valence-corrected chi connectivity index (χ1v) is 10.7. The lowest BCUT2D eigenvalue weighted by Gasteiger charge is -2.20. The third-order valence-electron chi connectivity index (χ3n) is 4.00. The molecule has 11 heteroatoms. The van der Waals surface area contributed by atoms with Crippen LogP contribution in [0.25, 0.3) is 11.6 Å². The van der Waals surface area contributed by atoms with E-state index in [1.165, 1.54) is 47.0 Å². The van der Waals surface area contributed by atoms with Crippen molar-refractivity contribution in [3.63, 3.8) is 0 Å². The highest BCUT2D eigenvalue weighted by Crippen LogP contribution is 2.22. The molecule has 28 heavy (non-hydrogen) atoms. The number of sulfonamides is 1. The van der Waals surface area contributed by atoms with Gasteiger partial charge in [0.25, 0.3) is 11.8 Å². The molecular formula is C17H19N5O4S2. The summed E-state index contributed by atoms with van der Waals surface area (Å²) >= 11 is 1.45. The van der Waals surface area contributed by atoms with E-state index in [0.29, 0.717) is 5.69 Å². The molecule has 0 bridgehead atoms. The average Bonchev–Trinajstić information content (AvgIpc) is 3.29. The lowest BCUT2D eigenvalue weighted by molar-refractivity contribution is 0.102. The Morgan fingerprint density at radius 3 is 2.46 bits per heavy atom. The van der Waals surface area contributed by atoms with Crippen molar-refractivity contribution in [1.29, 1.82) is 0 Å². The summed E-state index contributed by atoms with van der Waals surface area (Å²) < 4.78 is 31.6. The molecule has 0 saturated heterocycles. The van der Waals surface area contributed by atoms with Crippen molar-refractivity contribution in [2.75, 3.05) is 12.4 Å². The molecule has 0 unspecified atom stereocenters. The fraction of sp³-hybridized carbons (Fsp3) is 0.294. The molecule has 9 nitrogen and oxygen atoms in total. The Kier molecular flexibility index (Phi) is 5.59. The summed E-state index contributed by atoms with van der Waals surface area (Å²) in [5.41, 5.74) is 0.801. The van der Waals surface area contributed by atoms with Gasteiger partial charge in [0, 0.05) is 24.0 Å². The van der Waals surface area contributed by atoms with Crippen LogP contribution in [0.2, 0.25) is 0 Å². The van der Waals surface area contributed by atoms with Crippen LogP contribution in [0.15, 0.2) is 39.0 Å². The maximum Gasteiger partial charge on any atom is 0.322 e. The summed E-state index contributed by atoms with van der Waals surface area (Å²) in [4.78, 5) is 16.7.